The second kappa shape index (κ2) is 4.24. The summed E-state index contributed by atoms with van der Waals surface area (Å²) < 4.78 is 0.288. The molecule has 1 saturated heterocycles. The quantitative estimate of drug-likeness (QED) is 0.510. The van der Waals surface area contributed by atoms with Gasteiger partial charge in [0.2, 0.25) is 0 Å². The predicted octanol–water partition coefficient (Wildman–Crippen LogP) is 1.93. The summed E-state index contributed by atoms with van der Waals surface area (Å²) in [5, 5.41) is 0. The Hall–Kier alpha value is -0.380. The number of hydrogen-bond acceptors (Lipinski definition) is 2. The Morgan fingerprint density at radius 1 is 1.40 bits per heavy atom. The highest BCUT2D eigenvalue weighted by Gasteiger charge is 2.28. The summed E-state index contributed by atoms with van der Waals surface area (Å²) in [6.07, 6.45) is 0. The molecule has 0 radical (unpaired) electrons. The van der Waals surface area contributed by atoms with Gasteiger partial charge in [0.05, 0.1) is 5.54 Å². The van der Waals surface area contributed by atoms with Crippen molar-refractivity contribution in [3.05, 3.63) is 0 Å². The van der Waals surface area contributed by atoms with E-state index in [9.17, 15) is 0 Å². The molecule has 0 unspecified atom stereocenters. The smallest absolute Gasteiger partial charge is 0.191 e. The van der Waals surface area contributed by atoms with Gasteiger partial charge in [0, 0.05) is 23.6 Å². The molecule has 0 bridgehead atoms. The van der Waals surface area contributed by atoms with Crippen LogP contribution in [0.1, 0.15) is 34.6 Å². The third-order valence-corrected chi connectivity index (χ3v) is 3.50. The average molecular weight is 229 g/mol. The number of aliphatic imine (C=N–C) groups is 1. The number of nitrogens with zero attached hydrogens (tertiary/aromatic N) is 2. The van der Waals surface area contributed by atoms with Crippen LogP contribution in [0, 0.1) is 0 Å². The first-order valence-corrected chi connectivity index (χ1v) is 6.42. The molecule has 3 nitrogen and oxygen atoms in total. The Kier molecular flexibility index (Phi) is 3.59. The van der Waals surface area contributed by atoms with Gasteiger partial charge in [-0.15, -0.1) is 0 Å². The molecule has 1 heterocycles. The molecule has 0 aliphatic carbocycles. The number of nitrogens with two attached hydrogens (primary N) is 1. The van der Waals surface area contributed by atoms with Gasteiger partial charge in [-0.25, -0.2) is 4.99 Å². The van der Waals surface area contributed by atoms with E-state index in [0.717, 1.165) is 18.8 Å². The van der Waals surface area contributed by atoms with E-state index in [-0.39, 0.29) is 10.3 Å². The largest absolute Gasteiger partial charge is 0.370 e. The van der Waals surface area contributed by atoms with E-state index in [4.69, 9.17) is 5.73 Å². The molecule has 0 saturated carbocycles. The van der Waals surface area contributed by atoms with Gasteiger partial charge in [0.1, 0.15) is 0 Å². The summed E-state index contributed by atoms with van der Waals surface area (Å²) in [4.78, 5) is 6.71. The Balaban J connectivity index is 2.68. The van der Waals surface area contributed by atoms with E-state index in [1.54, 1.807) is 0 Å². The highest BCUT2D eigenvalue weighted by Crippen LogP contribution is 2.29. The van der Waals surface area contributed by atoms with Crippen LogP contribution in [-0.2, 0) is 0 Å². The van der Waals surface area contributed by atoms with Gasteiger partial charge in [-0.1, -0.05) is 0 Å². The SMILES string of the molecule is CC(C)(C)N=C(N)N1CCSC(C)(C)C1. The van der Waals surface area contributed by atoms with Crippen LogP contribution in [0.2, 0.25) is 0 Å². The molecule has 4 heteroatoms. The normalized spacial score (nSPS) is 23.0. The molecule has 0 atom stereocenters. The molecule has 2 N–H and O–H groups in total. The van der Waals surface area contributed by atoms with Crippen molar-refractivity contribution < 1.29 is 0 Å². The zero-order valence-electron chi connectivity index (χ0n) is 10.5. The van der Waals surface area contributed by atoms with Crippen molar-refractivity contribution in [2.24, 2.45) is 10.7 Å². The van der Waals surface area contributed by atoms with Crippen molar-refractivity contribution in [3.8, 4) is 0 Å². The van der Waals surface area contributed by atoms with E-state index in [0.29, 0.717) is 5.96 Å². The molecule has 1 fully saturated rings. The van der Waals surface area contributed by atoms with Crippen molar-refractivity contribution >= 4 is 17.7 Å². The predicted molar refractivity (Wildman–Crippen MR) is 69.5 cm³/mol. The molecular formula is C11H23N3S. The van der Waals surface area contributed by atoms with Crippen LogP contribution in [0.25, 0.3) is 0 Å². The summed E-state index contributed by atoms with van der Waals surface area (Å²) in [5.74, 6) is 1.82. The summed E-state index contributed by atoms with van der Waals surface area (Å²) >= 11 is 2.01. The van der Waals surface area contributed by atoms with Crippen molar-refractivity contribution in [2.75, 3.05) is 18.8 Å². The first-order chi connectivity index (χ1) is 6.70. The second-order valence-electron chi connectivity index (χ2n) is 5.67. The Morgan fingerprint density at radius 2 is 2.00 bits per heavy atom. The van der Waals surface area contributed by atoms with Crippen LogP contribution in [0.4, 0.5) is 0 Å². The zero-order valence-corrected chi connectivity index (χ0v) is 11.3. The highest BCUT2D eigenvalue weighted by molar-refractivity contribution is 8.00. The number of rotatable bonds is 0. The van der Waals surface area contributed by atoms with Crippen LogP contribution in [0.5, 0.6) is 0 Å². The molecule has 0 spiro atoms. The second-order valence-corrected chi connectivity index (χ2v) is 7.47. The minimum atomic E-state index is -0.0845. The minimum absolute atomic E-state index is 0.0845. The van der Waals surface area contributed by atoms with Crippen LogP contribution < -0.4 is 5.73 Å². The van der Waals surface area contributed by atoms with Gasteiger partial charge in [-0.05, 0) is 34.6 Å². The van der Waals surface area contributed by atoms with Crippen LogP contribution in [-0.4, -0.2) is 40.0 Å². The third-order valence-electron chi connectivity index (χ3n) is 2.20. The summed E-state index contributed by atoms with van der Waals surface area (Å²) in [5.41, 5.74) is 5.94. The molecular weight excluding hydrogens is 206 g/mol. The van der Waals surface area contributed by atoms with Crippen molar-refractivity contribution in [1.82, 2.24) is 4.90 Å². The Labute approximate surface area is 97.5 Å². The van der Waals surface area contributed by atoms with Crippen molar-refractivity contribution in [2.45, 2.75) is 44.9 Å². The third kappa shape index (κ3) is 4.33. The number of hydrogen-bond donors (Lipinski definition) is 1. The lowest BCUT2D eigenvalue weighted by atomic mass is 10.1. The lowest BCUT2D eigenvalue weighted by molar-refractivity contribution is 0.379. The molecule has 1 aliphatic rings. The first kappa shape index (κ1) is 12.7. The first-order valence-electron chi connectivity index (χ1n) is 5.44. The Bertz CT molecular complexity index is 253. The number of guanidine groups is 1. The van der Waals surface area contributed by atoms with E-state index >= 15 is 0 Å². The molecule has 1 rings (SSSR count). The lowest BCUT2D eigenvalue weighted by Crippen LogP contribution is -2.49. The number of thioether (sulfide) groups is 1. The maximum atomic E-state index is 6.02. The fourth-order valence-electron chi connectivity index (χ4n) is 1.63. The van der Waals surface area contributed by atoms with Gasteiger partial charge < -0.3 is 10.6 Å². The van der Waals surface area contributed by atoms with Crippen molar-refractivity contribution in [3.63, 3.8) is 0 Å². The van der Waals surface area contributed by atoms with Crippen LogP contribution >= 0.6 is 11.8 Å². The zero-order chi connectivity index (χ0) is 11.7. The van der Waals surface area contributed by atoms with E-state index in [2.05, 4.69) is 44.5 Å². The summed E-state index contributed by atoms with van der Waals surface area (Å²) in [7, 11) is 0. The maximum absolute atomic E-state index is 6.02. The average Bonchev–Trinajstić information content (AvgIpc) is 1.99. The van der Waals surface area contributed by atoms with E-state index in [1.807, 2.05) is 11.8 Å². The molecule has 0 amide bonds. The summed E-state index contributed by atoms with van der Waals surface area (Å²) in [6.45, 7) is 12.7. The summed E-state index contributed by atoms with van der Waals surface area (Å²) in [6, 6.07) is 0. The van der Waals surface area contributed by atoms with Gasteiger partial charge in [0.15, 0.2) is 5.96 Å². The Morgan fingerprint density at radius 3 is 2.47 bits per heavy atom. The lowest BCUT2D eigenvalue weighted by Gasteiger charge is -2.38. The van der Waals surface area contributed by atoms with Gasteiger partial charge in [-0.3, -0.25) is 0 Å². The van der Waals surface area contributed by atoms with Gasteiger partial charge >= 0.3 is 0 Å². The van der Waals surface area contributed by atoms with E-state index in [1.165, 1.54) is 0 Å². The molecule has 88 valence electrons. The fraction of sp³-hybridized carbons (Fsp3) is 0.909. The van der Waals surface area contributed by atoms with Crippen LogP contribution in [0.15, 0.2) is 4.99 Å². The van der Waals surface area contributed by atoms with Crippen molar-refractivity contribution in [1.29, 1.82) is 0 Å². The topological polar surface area (TPSA) is 41.6 Å². The molecule has 0 aromatic rings. The maximum Gasteiger partial charge on any atom is 0.191 e. The standard InChI is InChI=1S/C11H23N3S/c1-10(2,3)13-9(12)14-6-7-15-11(4,5)8-14/h6-8H2,1-5H3,(H2,12,13). The fourth-order valence-corrected chi connectivity index (χ4v) is 2.74. The monoisotopic (exact) mass is 229 g/mol. The minimum Gasteiger partial charge on any atom is -0.370 e. The molecule has 0 aromatic heterocycles. The van der Waals surface area contributed by atoms with Gasteiger partial charge in [0.25, 0.3) is 0 Å². The molecule has 1 aliphatic heterocycles. The highest BCUT2D eigenvalue weighted by atomic mass is 32.2. The van der Waals surface area contributed by atoms with E-state index < -0.39 is 0 Å². The van der Waals surface area contributed by atoms with Crippen LogP contribution in [0.3, 0.4) is 0 Å². The molecule has 0 aromatic carbocycles. The van der Waals surface area contributed by atoms with Gasteiger partial charge in [-0.2, -0.15) is 11.8 Å². The molecule has 15 heavy (non-hydrogen) atoms.